The molecule has 2 unspecified atom stereocenters. The van der Waals surface area contributed by atoms with E-state index in [4.69, 9.17) is 0 Å². The number of hydrogen-bond donors (Lipinski definition) is 0. The molecular formula is C48H42N2. The molecule has 0 bridgehead atoms. The maximum Gasteiger partial charge on any atom is 0.0626 e. The molecule has 244 valence electrons. The fourth-order valence-corrected chi connectivity index (χ4v) is 7.58. The number of para-hydroxylation sites is 1. The molecule has 1 aliphatic heterocycles. The lowest BCUT2D eigenvalue weighted by Gasteiger charge is -2.32. The van der Waals surface area contributed by atoms with Crippen LogP contribution in [0.5, 0.6) is 0 Å². The number of nitrogens with zero attached hydrogens (tertiary/aromatic N) is 2. The van der Waals surface area contributed by atoms with Gasteiger partial charge in [-0.25, -0.2) is 0 Å². The molecule has 0 saturated carbocycles. The molecule has 2 atom stereocenters. The summed E-state index contributed by atoms with van der Waals surface area (Å²) < 4.78 is 0. The second-order valence-electron chi connectivity index (χ2n) is 13.4. The minimum absolute atomic E-state index is 0.308. The third-order valence-corrected chi connectivity index (χ3v) is 10.2. The van der Waals surface area contributed by atoms with Crippen LogP contribution < -0.4 is 9.80 Å². The summed E-state index contributed by atoms with van der Waals surface area (Å²) in [6.45, 7) is 4.37. The summed E-state index contributed by atoms with van der Waals surface area (Å²) in [6, 6.07) is 48.4. The first-order chi connectivity index (χ1) is 24.6. The van der Waals surface area contributed by atoms with Gasteiger partial charge in [-0.05, 0) is 108 Å². The Morgan fingerprint density at radius 3 is 2.02 bits per heavy atom. The number of rotatable bonds is 8. The third kappa shape index (κ3) is 6.21. The van der Waals surface area contributed by atoms with Crippen molar-refractivity contribution in [1.29, 1.82) is 0 Å². The molecule has 2 nitrogen and oxygen atoms in total. The van der Waals surface area contributed by atoms with E-state index in [2.05, 4.69) is 206 Å². The van der Waals surface area contributed by atoms with Crippen molar-refractivity contribution in [2.24, 2.45) is 0 Å². The predicted molar refractivity (Wildman–Crippen MR) is 213 cm³/mol. The lowest BCUT2D eigenvalue weighted by molar-refractivity contribution is 0.703. The van der Waals surface area contributed by atoms with Gasteiger partial charge in [-0.1, -0.05) is 140 Å². The van der Waals surface area contributed by atoms with Crippen LogP contribution in [0.4, 0.5) is 17.1 Å². The summed E-state index contributed by atoms with van der Waals surface area (Å²) >= 11 is 0. The number of hydrogen-bond acceptors (Lipinski definition) is 2. The van der Waals surface area contributed by atoms with Gasteiger partial charge in [0.2, 0.25) is 0 Å². The highest BCUT2D eigenvalue weighted by Crippen LogP contribution is 2.48. The quantitative estimate of drug-likeness (QED) is 0.155. The van der Waals surface area contributed by atoms with Crippen molar-refractivity contribution < 1.29 is 0 Å². The first kappa shape index (κ1) is 31.4. The highest BCUT2D eigenvalue weighted by Gasteiger charge is 2.38. The van der Waals surface area contributed by atoms with Crippen molar-refractivity contribution >= 4 is 28.2 Å². The fraction of sp³-hybridized carbons (Fsp3) is 0.125. The first-order valence-corrected chi connectivity index (χ1v) is 17.7. The zero-order valence-electron chi connectivity index (χ0n) is 28.8. The summed E-state index contributed by atoms with van der Waals surface area (Å²) in [5.41, 5.74) is 15.0. The van der Waals surface area contributed by atoms with Crippen molar-refractivity contribution in [2.75, 3.05) is 9.80 Å². The Kier molecular flexibility index (Phi) is 8.76. The molecule has 2 heteroatoms. The summed E-state index contributed by atoms with van der Waals surface area (Å²) in [5, 5.41) is 0. The van der Waals surface area contributed by atoms with Crippen LogP contribution in [-0.4, -0.2) is 6.04 Å². The van der Waals surface area contributed by atoms with Gasteiger partial charge in [-0.2, -0.15) is 0 Å². The number of anilines is 3. The first-order valence-electron chi connectivity index (χ1n) is 17.7. The molecule has 5 aromatic rings. The van der Waals surface area contributed by atoms with E-state index in [9.17, 15) is 0 Å². The molecule has 3 aliphatic rings. The van der Waals surface area contributed by atoms with E-state index in [1.807, 2.05) is 0 Å². The SMILES string of the molecule is C/C(=C\C=C(/C)N(c1ccc(C2=CC3c4ccccc4N(C4=CC=CCC4)C3C=C2)cc1)c1ccc(-c2ccccc2)cc1)c1ccccc1. The van der Waals surface area contributed by atoms with Crippen LogP contribution in [0.1, 0.15) is 49.3 Å². The normalized spacial score (nSPS) is 18.3. The zero-order valence-corrected chi connectivity index (χ0v) is 28.8. The van der Waals surface area contributed by atoms with Gasteiger partial charge in [0.05, 0.1) is 6.04 Å². The number of benzene rings is 5. The Hall–Kier alpha value is -5.86. The Labute approximate surface area is 297 Å². The molecule has 0 fully saturated rings. The molecule has 0 amide bonds. The molecule has 5 aromatic carbocycles. The average molecular weight is 647 g/mol. The number of allylic oxidation sites excluding steroid dienone is 10. The summed E-state index contributed by atoms with van der Waals surface area (Å²) in [6.07, 6.45) is 20.6. The molecule has 0 spiro atoms. The van der Waals surface area contributed by atoms with E-state index in [1.54, 1.807) is 0 Å². The number of fused-ring (bicyclic) bond motifs is 3. The second-order valence-corrected chi connectivity index (χ2v) is 13.4. The topological polar surface area (TPSA) is 6.48 Å². The standard InChI is InChI=1S/C48H42N2/c1-35(37-14-6-3-7-15-37)22-23-36(2)49(43-29-24-39(25-30-43)38-16-8-4-9-17-38)44-31-26-40(27-32-44)41-28-33-48-46(34-41)45-20-12-13-21-47(45)50(48)42-18-10-5-11-19-42/h3-10,12-18,20-34,46,48H,11,19H2,1-2H3/b35-22+,36-23+. The van der Waals surface area contributed by atoms with Crippen molar-refractivity contribution in [2.45, 2.75) is 38.6 Å². The maximum atomic E-state index is 2.57. The summed E-state index contributed by atoms with van der Waals surface area (Å²) in [5.74, 6) is 0.321. The van der Waals surface area contributed by atoms with Crippen LogP contribution in [0.25, 0.3) is 22.3 Å². The third-order valence-electron chi connectivity index (χ3n) is 10.2. The summed E-state index contributed by atoms with van der Waals surface area (Å²) in [7, 11) is 0. The molecule has 2 aliphatic carbocycles. The van der Waals surface area contributed by atoms with Crippen LogP contribution in [-0.2, 0) is 0 Å². The fourth-order valence-electron chi connectivity index (χ4n) is 7.58. The van der Waals surface area contributed by atoms with E-state index in [-0.39, 0.29) is 0 Å². The van der Waals surface area contributed by atoms with Crippen LogP contribution in [0.3, 0.4) is 0 Å². The summed E-state index contributed by atoms with van der Waals surface area (Å²) in [4.78, 5) is 4.92. The molecule has 0 aromatic heterocycles. The van der Waals surface area contributed by atoms with Crippen molar-refractivity contribution in [3.8, 4) is 11.1 Å². The van der Waals surface area contributed by atoms with E-state index in [1.165, 1.54) is 50.3 Å². The van der Waals surface area contributed by atoms with Crippen molar-refractivity contribution in [3.05, 3.63) is 210 Å². The van der Waals surface area contributed by atoms with Gasteiger partial charge in [0, 0.05) is 34.4 Å². The Morgan fingerprint density at radius 2 is 1.32 bits per heavy atom. The maximum absolute atomic E-state index is 2.57. The highest BCUT2D eigenvalue weighted by atomic mass is 15.2. The van der Waals surface area contributed by atoms with Crippen LogP contribution in [0.15, 0.2) is 193 Å². The Morgan fingerprint density at radius 1 is 0.680 bits per heavy atom. The Balaban J connectivity index is 1.11. The Bertz CT molecular complexity index is 2160. The predicted octanol–water partition coefficient (Wildman–Crippen LogP) is 12.7. The molecule has 8 rings (SSSR count). The minimum atomic E-state index is 0.308. The van der Waals surface area contributed by atoms with Gasteiger partial charge >= 0.3 is 0 Å². The van der Waals surface area contributed by atoms with Gasteiger partial charge in [0.15, 0.2) is 0 Å². The van der Waals surface area contributed by atoms with Crippen LogP contribution >= 0.6 is 0 Å². The molecule has 0 saturated heterocycles. The zero-order chi connectivity index (χ0) is 33.9. The van der Waals surface area contributed by atoms with E-state index >= 15 is 0 Å². The molecule has 50 heavy (non-hydrogen) atoms. The van der Waals surface area contributed by atoms with E-state index in [0.29, 0.717) is 12.0 Å². The van der Waals surface area contributed by atoms with Gasteiger partial charge < -0.3 is 9.80 Å². The van der Waals surface area contributed by atoms with Gasteiger partial charge in [-0.15, -0.1) is 0 Å². The minimum Gasteiger partial charge on any atom is -0.337 e. The van der Waals surface area contributed by atoms with Crippen molar-refractivity contribution in [1.82, 2.24) is 0 Å². The van der Waals surface area contributed by atoms with Gasteiger partial charge in [-0.3, -0.25) is 0 Å². The lowest BCUT2D eigenvalue weighted by atomic mass is 9.86. The van der Waals surface area contributed by atoms with Gasteiger partial charge in [0.1, 0.15) is 0 Å². The monoisotopic (exact) mass is 646 g/mol. The molecule has 1 heterocycles. The smallest absolute Gasteiger partial charge is 0.0626 e. The van der Waals surface area contributed by atoms with E-state index < -0.39 is 0 Å². The van der Waals surface area contributed by atoms with Crippen LogP contribution in [0.2, 0.25) is 0 Å². The van der Waals surface area contributed by atoms with Crippen LogP contribution in [0, 0.1) is 0 Å². The molecular weight excluding hydrogens is 605 g/mol. The lowest BCUT2D eigenvalue weighted by Crippen LogP contribution is -2.32. The molecule has 0 N–H and O–H groups in total. The van der Waals surface area contributed by atoms with E-state index in [0.717, 1.165) is 29.9 Å². The molecule has 0 radical (unpaired) electrons. The largest absolute Gasteiger partial charge is 0.337 e. The second kappa shape index (κ2) is 13.9. The van der Waals surface area contributed by atoms with Gasteiger partial charge in [0.25, 0.3) is 0 Å². The van der Waals surface area contributed by atoms with Crippen molar-refractivity contribution in [3.63, 3.8) is 0 Å². The average Bonchev–Trinajstić information content (AvgIpc) is 3.52. The highest BCUT2D eigenvalue weighted by molar-refractivity contribution is 5.82.